The molecule has 1 aromatic heterocycles. The monoisotopic (exact) mass is 287 g/mol. The predicted octanol–water partition coefficient (Wildman–Crippen LogP) is 4.23. The van der Waals surface area contributed by atoms with Crippen LogP contribution in [0.5, 0.6) is 5.75 Å². The van der Waals surface area contributed by atoms with Crippen LogP contribution >= 0.6 is 0 Å². The van der Waals surface area contributed by atoms with Gasteiger partial charge in [-0.25, -0.2) is 0 Å². The lowest BCUT2D eigenvalue weighted by atomic mass is 10.1. The van der Waals surface area contributed by atoms with Gasteiger partial charge in [-0.15, -0.1) is 0 Å². The molecule has 3 nitrogen and oxygen atoms in total. The summed E-state index contributed by atoms with van der Waals surface area (Å²) in [6, 6.07) is 10.4. The topological polar surface area (TPSA) is 34.4 Å². The van der Waals surface area contributed by atoms with Gasteiger partial charge in [0.1, 0.15) is 23.9 Å². The van der Waals surface area contributed by atoms with Crippen molar-refractivity contribution < 1.29 is 9.15 Å². The van der Waals surface area contributed by atoms with Crippen molar-refractivity contribution in [1.29, 1.82) is 0 Å². The Morgan fingerprint density at radius 3 is 2.57 bits per heavy atom. The third kappa shape index (κ3) is 4.64. The fourth-order valence-corrected chi connectivity index (χ4v) is 2.29. The number of aryl methyl sites for hydroxylation is 2. The molecule has 114 valence electrons. The van der Waals surface area contributed by atoms with Crippen molar-refractivity contribution in [1.82, 2.24) is 5.32 Å². The fourth-order valence-electron chi connectivity index (χ4n) is 2.29. The Morgan fingerprint density at radius 1 is 1.14 bits per heavy atom. The van der Waals surface area contributed by atoms with E-state index in [1.807, 2.05) is 19.1 Å². The number of furan rings is 1. The van der Waals surface area contributed by atoms with Crippen molar-refractivity contribution >= 4 is 0 Å². The maximum absolute atomic E-state index is 5.78. The Morgan fingerprint density at radius 2 is 1.90 bits per heavy atom. The number of benzene rings is 1. The number of hydrogen-bond acceptors (Lipinski definition) is 3. The van der Waals surface area contributed by atoms with Gasteiger partial charge in [-0.2, -0.15) is 0 Å². The minimum atomic E-state index is 0.472. The second-order valence-electron chi connectivity index (χ2n) is 5.26. The van der Waals surface area contributed by atoms with Gasteiger partial charge in [-0.1, -0.05) is 32.4 Å². The van der Waals surface area contributed by atoms with Crippen LogP contribution in [0.25, 0.3) is 0 Å². The minimum Gasteiger partial charge on any atom is -0.486 e. The highest BCUT2D eigenvalue weighted by Crippen LogP contribution is 2.18. The van der Waals surface area contributed by atoms with Crippen molar-refractivity contribution in [3.8, 4) is 5.75 Å². The fraction of sp³-hybridized carbons (Fsp3) is 0.444. The third-order valence-electron chi connectivity index (χ3n) is 3.48. The van der Waals surface area contributed by atoms with Gasteiger partial charge in [-0.3, -0.25) is 0 Å². The molecular formula is C18H25NO2. The zero-order valence-electron chi connectivity index (χ0n) is 13.2. The second-order valence-corrected chi connectivity index (χ2v) is 5.26. The molecule has 0 spiro atoms. The van der Waals surface area contributed by atoms with Gasteiger partial charge in [0.05, 0.1) is 0 Å². The molecule has 2 rings (SSSR count). The summed E-state index contributed by atoms with van der Waals surface area (Å²) in [6.45, 7) is 8.56. The van der Waals surface area contributed by atoms with Gasteiger partial charge in [0.25, 0.3) is 0 Å². The summed E-state index contributed by atoms with van der Waals surface area (Å²) in [5, 5.41) is 3.31. The molecule has 0 unspecified atom stereocenters. The molecule has 3 heteroatoms. The van der Waals surface area contributed by atoms with E-state index in [2.05, 4.69) is 37.4 Å². The van der Waals surface area contributed by atoms with E-state index in [0.29, 0.717) is 6.61 Å². The molecular weight excluding hydrogens is 262 g/mol. The first-order chi connectivity index (χ1) is 10.2. The van der Waals surface area contributed by atoms with Crippen molar-refractivity contribution in [2.24, 2.45) is 0 Å². The van der Waals surface area contributed by atoms with E-state index in [1.165, 1.54) is 17.5 Å². The van der Waals surface area contributed by atoms with E-state index in [4.69, 9.17) is 9.15 Å². The van der Waals surface area contributed by atoms with E-state index in [9.17, 15) is 0 Å². The summed E-state index contributed by atoms with van der Waals surface area (Å²) in [5.41, 5.74) is 2.56. The molecule has 0 saturated carbocycles. The quantitative estimate of drug-likeness (QED) is 0.789. The van der Waals surface area contributed by atoms with Crippen LogP contribution in [0.4, 0.5) is 0 Å². The van der Waals surface area contributed by atoms with Crippen molar-refractivity contribution in [3.05, 3.63) is 53.0 Å². The first-order valence-electron chi connectivity index (χ1n) is 7.73. The Labute approximate surface area is 127 Å². The van der Waals surface area contributed by atoms with E-state index in [-0.39, 0.29) is 0 Å². The minimum absolute atomic E-state index is 0.472. The van der Waals surface area contributed by atoms with Crippen LogP contribution in [0, 0.1) is 6.92 Å². The number of ether oxygens (including phenoxy) is 1. The lowest BCUT2D eigenvalue weighted by molar-refractivity contribution is 0.267. The molecule has 0 saturated heterocycles. The Bertz CT molecular complexity index is 543. The van der Waals surface area contributed by atoms with Crippen LogP contribution in [0.1, 0.15) is 42.9 Å². The molecule has 0 atom stereocenters. The summed E-state index contributed by atoms with van der Waals surface area (Å²) >= 11 is 0. The second kappa shape index (κ2) is 7.89. The maximum atomic E-state index is 5.78. The van der Waals surface area contributed by atoms with Crippen LogP contribution in [-0.4, -0.2) is 6.54 Å². The van der Waals surface area contributed by atoms with Crippen LogP contribution in [0.15, 0.2) is 34.7 Å². The van der Waals surface area contributed by atoms with Crippen molar-refractivity contribution in [3.63, 3.8) is 0 Å². The molecule has 0 amide bonds. The lowest BCUT2D eigenvalue weighted by Gasteiger charge is -2.05. The van der Waals surface area contributed by atoms with E-state index in [0.717, 1.165) is 36.8 Å². The molecule has 1 heterocycles. The number of rotatable bonds is 8. The van der Waals surface area contributed by atoms with Gasteiger partial charge >= 0.3 is 0 Å². The number of hydrogen-bond donors (Lipinski definition) is 1. The molecule has 1 aromatic carbocycles. The molecule has 0 radical (unpaired) electrons. The molecule has 0 fully saturated rings. The normalized spacial score (nSPS) is 10.8. The Balaban J connectivity index is 1.90. The third-order valence-corrected chi connectivity index (χ3v) is 3.48. The van der Waals surface area contributed by atoms with Crippen molar-refractivity contribution in [2.75, 3.05) is 6.54 Å². The first-order valence-corrected chi connectivity index (χ1v) is 7.73. The van der Waals surface area contributed by atoms with Crippen LogP contribution < -0.4 is 10.1 Å². The van der Waals surface area contributed by atoms with Crippen LogP contribution in [0.2, 0.25) is 0 Å². The van der Waals surface area contributed by atoms with Gasteiger partial charge in [0, 0.05) is 12.1 Å². The van der Waals surface area contributed by atoms with Gasteiger partial charge in [-0.05, 0) is 43.7 Å². The highest BCUT2D eigenvalue weighted by molar-refractivity contribution is 5.28. The van der Waals surface area contributed by atoms with Gasteiger partial charge in [0.15, 0.2) is 0 Å². The zero-order chi connectivity index (χ0) is 15.1. The summed E-state index contributed by atoms with van der Waals surface area (Å²) in [4.78, 5) is 0. The average molecular weight is 287 g/mol. The standard InChI is InChI=1S/C18H25NO2/c1-4-6-15-7-9-17(10-8-15)20-13-18-11-16(12-19-5-2)14(3)21-18/h7-11,19H,4-6,12-13H2,1-3H3. The molecule has 0 bridgehead atoms. The average Bonchev–Trinajstić information content (AvgIpc) is 2.85. The first kappa shape index (κ1) is 15.6. The van der Waals surface area contributed by atoms with E-state index >= 15 is 0 Å². The molecule has 2 aromatic rings. The van der Waals surface area contributed by atoms with Gasteiger partial charge in [0.2, 0.25) is 0 Å². The SMILES string of the molecule is CCCc1ccc(OCc2cc(CNCC)c(C)o2)cc1. The van der Waals surface area contributed by atoms with E-state index in [1.54, 1.807) is 0 Å². The summed E-state index contributed by atoms with van der Waals surface area (Å²) in [5.74, 6) is 2.73. The van der Waals surface area contributed by atoms with Crippen molar-refractivity contribution in [2.45, 2.75) is 46.8 Å². The smallest absolute Gasteiger partial charge is 0.146 e. The van der Waals surface area contributed by atoms with Crippen LogP contribution in [-0.2, 0) is 19.6 Å². The van der Waals surface area contributed by atoms with Crippen LogP contribution in [0.3, 0.4) is 0 Å². The predicted molar refractivity (Wildman–Crippen MR) is 85.6 cm³/mol. The molecule has 0 aliphatic heterocycles. The zero-order valence-corrected chi connectivity index (χ0v) is 13.2. The summed E-state index contributed by atoms with van der Waals surface area (Å²) in [6.07, 6.45) is 2.28. The molecule has 0 aliphatic rings. The molecule has 21 heavy (non-hydrogen) atoms. The highest BCUT2D eigenvalue weighted by Gasteiger charge is 2.07. The highest BCUT2D eigenvalue weighted by atomic mass is 16.5. The summed E-state index contributed by atoms with van der Waals surface area (Å²) < 4.78 is 11.5. The molecule has 0 aliphatic carbocycles. The van der Waals surface area contributed by atoms with Gasteiger partial charge < -0.3 is 14.5 Å². The Hall–Kier alpha value is -1.74. The maximum Gasteiger partial charge on any atom is 0.146 e. The summed E-state index contributed by atoms with van der Waals surface area (Å²) in [7, 11) is 0. The molecule has 1 N–H and O–H groups in total. The Kier molecular flexibility index (Phi) is 5.88. The largest absolute Gasteiger partial charge is 0.486 e. The number of nitrogens with one attached hydrogen (secondary N) is 1. The van der Waals surface area contributed by atoms with E-state index < -0.39 is 0 Å². The lowest BCUT2D eigenvalue weighted by Crippen LogP contribution is -2.11.